The number of halogens is 4. The topological polar surface area (TPSA) is 46.9 Å². The van der Waals surface area contributed by atoms with E-state index in [4.69, 9.17) is 11.6 Å². The Kier molecular flexibility index (Phi) is 5.45. The summed E-state index contributed by atoms with van der Waals surface area (Å²) in [5.41, 5.74) is 0.461. The highest BCUT2D eigenvalue weighted by Crippen LogP contribution is 2.30. The third-order valence-corrected chi connectivity index (χ3v) is 4.52. The summed E-state index contributed by atoms with van der Waals surface area (Å²) < 4.78 is 39.8. The van der Waals surface area contributed by atoms with Crippen LogP contribution in [0.4, 0.5) is 19.0 Å². The first-order valence-corrected chi connectivity index (χ1v) is 9.18. The van der Waals surface area contributed by atoms with Gasteiger partial charge in [-0.3, -0.25) is 4.79 Å². The molecule has 0 aliphatic rings. The van der Waals surface area contributed by atoms with Gasteiger partial charge < -0.3 is 5.32 Å². The van der Waals surface area contributed by atoms with Crippen LogP contribution >= 0.6 is 11.6 Å². The van der Waals surface area contributed by atoms with Crippen molar-refractivity contribution in [1.29, 1.82) is 0 Å². The number of alkyl halides is 3. The van der Waals surface area contributed by atoms with Crippen LogP contribution in [-0.4, -0.2) is 15.7 Å². The van der Waals surface area contributed by atoms with E-state index in [1.165, 1.54) is 0 Å². The lowest BCUT2D eigenvalue weighted by atomic mass is 9.92. The van der Waals surface area contributed by atoms with Gasteiger partial charge in [0, 0.05) is 22.1 Å². The molecule has 4 nitrogen and oxygen atoms in total. The van der Waals surface area contributed by atoms with Crippen LogP contribution in [0.3, 0.4) is 0 Å². The van der Waals surface area contributed by atoms with E-state index in [2.05, 4.69) is 10.4 Å². The number of rotatable bonds is 3. The first-order valence-electron chi connectivity index (χ1n) is 8.80. The minimum atomic E-state index is -4.45. The summed E-state index contributed by atoms with van der Waals surface area (Å²) in [6.45, 7) is 5.97. The van der Waals surface area contributed by atoms with E-state index < -0.39 is 17.6 Å². The highest BCUT2D eigenvalue weighted by Gasteiger charge is 2.30. The molecule has 1 heterocycles. The summed E-state index contributed by atoms with van der Waals surface area (Å²) in [4.78, 5) is 12.6. The zero-order valence-electron chi connectivity index (χ0n) is 16.0. The molecular weight excluding hydrogens is 403 g/mol. The molecular formula is C21H19ClF3N3O. The Hall–Kier alpha value is -2.80. The molecule has 152 valence electrons. The SMILES string of the molecule is CC(C)(C)c1cc(NC(=O)c2ccc(C(F)(F)F)cc2)n(-c2ccc(Cl)cc2)n1. The molecule has 3 aromatic rings. The van der Waals surface area contributed by atoms with Crippen molar-refractivity contribution in [3.05, 3.63) is 76.4 Å². The number of hydrogen-bond donors (Lipinski definition) is 1. The number of aromatic nitrogens is 2. The lowest BCUT2D eigenvalue weighted by molar-refractivity contribution is -0.137. The van der Waals surface area contributed by atoms with Gasteiger partial charge in [0.15, 0.2) is 0 Å². The van der Waals surface area contributed by atoms with E-state index in [-0.39, 0.29) is 11.0 Å². The molecule has 1 amide bonds. The van der Waals surface area contributed by atoms with Crippen LogP contribution in [0.5, 0.6) is 0 Å². The first kappa shape index (κ1) is 20.9. The number of amides is 1. The molecule has 8 heteroatoms. The standard InChI is InChI=1S/C21H19ClF3N3O/c1-20(2,3)17-12-18(28(27-17)16-10-8-15(22)9-11-16)26-19(29)13-4-6-14(7-5-13)21(23,24)25/h4-12H,1-3H3,(H,26,29). The Morgan fingerprint density at radius 2 is 1.59 bits per heavy atom. The molecule has 1 aromatic heterocycles. The molecule has 0 atom stereocenters. The van der Waals surface area contributed by atoms with Gasteiger partial charge in [0.25, 0.3) is 5.91 Å². The number of nitrogens with zero attached hydrogens (tertiary/aromatic N) is 2. The van der Waals surface area contributed by atoms with Crippen LogP contribution in [0.2, 0.25) is 5.02 Å². The third-order valence-electron chi connectivity index (χ3n) is 4.26. The fourth-order valence-electron chi connectivity index (χ4n) is 2.61. The summed E-state index contributed by atoms with van der Waals surface area (Å²) in [6, 6.07) is 12.7. The van der Waals surface area contributed by atoms with Crippen LogP contribution < -0.4 is 5.32 Å². The van der Waals surface area contributed by atoms with E-state index in [0.29, 0.717) is 16.5 Å². The molecule has 29 heavy (non-hydrogen) atoms. The van der Waals surface area contributed by atoms with Crippen molar-refractivity contribution in [2.24, 2.45) is 0 Å². The van der Waals surface area contributed by atoms with Crippen LogP contribution in [0.1, 0.15) is 42.4 Å². The zero-order chi connectivity index (χ0) is 21.4. The van der Waals surface area contributed by atoms with E-state index in [9.17, 15) is 18.0 Å². The number of benzene rings is 2. The Balaban J connectivity index is 1.94. The molecule has 0 saturated carbocycles. The maximum atomic E-state index is 12.7. The van der Waals surface area contributed by atoms with E-state index in [1.54, 1.807) is 35.0 Å². The number of anilines is 1. The van der Waals surface area contributed by atoms with E-state index in [0.717, 1.165) is 30.0 Å². The van der Waals surface area contributed by atoms with Gasteiger partial charge in [-0.25, -0.2) is 4.68 Å². The average Bonchev–Trinajstić information content (AvgIpc) is 3.06. The van der Waals surface area contributed by atoms with Crippen LogP contribution in [-0.2, 0) is 11.6 Å². The minimum Gasteiger partial charge on any atom is -0.306 e. The number of nitrogens with one attached hydrogen (secondary N) is 1. The molecule has 0 aliphatic carbocycles. The lowest BCUT2D eigenvalue weighted by Gasteiger charge is -2.14. The Bertz CT molecular complexity index is 1020. The highest BCUT2D eigenvalue weighted by atomic mass is 35.5. The molecule has 0 fully saturated rings. The van der Waals surface area contributed by atoms with E-state index >= 15 is 0 Å². The fourth-order valence-corrected chi connectivity index (χ4v) is 2.74. The summed E-state index contributed by atoms with van der Waals surface area (Å²) in [5.74, 6) is -0.128. The van der Waals surface area contributed by atoms with Gasteiger partial charge in [-0.15, -0.1) is 0 Å². The molecule has 0 radical (unpaired) electrons. The maximum absolute atomic E-state index is 12.7. The number of carbonyl (C=O) groups is 1. The molecule has 0 aliphatic heterocycles. The van der Waals surface area contributed by atoms with Crippen molar-refractivity contribution in [1.82, 2.24) is 9.78 Å². The van der Waals surface area contributed by atoms with Gasteiger partial charge in [-0.1, -0.05) is 32.4 Å². The first-order chi connectivity index (χ1) is 13.4. The summed E-state index contributed by atoms with van der Waals surface area (Å²) >= 11 is 5.95. The summed E-state index contributed by atoms with van der Waals surface area (Å²) in [5, 5.41) is 7.88. The van der Waals surface area contributed by atoms with Crippen molar-refractivity contribution in [2.75, 3.05) is 5.32 Å². The van der Waals surface area contributed by atoms with Gasteiger partial charge in [-0.05, 0) is 48.5 Å². The smallest absolute Gasteiger partial charge is 0.306 e. The average molecular weight is 422 g/mol. The minimum absolute atomic E-state index is 0.110. The molecule has 1 N–H and O–H groups in total. The molecule has 0 saturated heterocycles. The monoisotopic (exact) mass is 421 g/mol. The number of carbonyl (C=O) groups excluding carboxylic acids is 1. The van der Waals surface area contributed by atoms with Crippen LogP contribution in [0.15, 0.2) is 54.6 Å². The van der Waals surface area contributed by atoms with E-state index in [1.807, 2.05) is 20.8 Å². The van der Waals surface area contributed by atoms with Crippen LogP contribution in [0, 0.1) is 0 Å². The van der Waals surface area contributed by atoms with Crippen molar-refractivity contribution in [3.8, 4) is 5.69 Å². The normalized spacial score (nSPS) is 12.1. The van der Waals surface area contributed by atoms with Gasteiger partial charge in [0.05, 0.1) is 16.9 Å². The molecule has 0 bridgehead atoms. The molecule has 0 unspecified atom stereocenters. The molecule has 3 rings (SSSR count). The second-order valence-corrected chi connectivity index (χ2v) is 8.02. The predicted octanol–water partition coefficient (Wildman–Crippen LogP) is 6.09. The van der Waals surface area contributed by atoms with Crippen molar-refractivity contribution < 1.29 is 18.0 Å². The molecule has 2 aromatic carbocycles. The Morgan fingerprint density at radius 1 is 1.00 bits per heavy atom. The fraction of sp³-hybridized carbons (Fsp3) is 0.238. The summed E-state index contributed by atoms with van der Waals surface area (Å²) in [6.07, 6.45) is -4.45. The highest BCUT2D eigenvalue weighted by molar-refractivity contribution is 6.30. The van der Waals surface area contributed by atoms with Gasteiger partial charge in [0.2, 0.25) is 0 Å². The quantitative estimate of drug-likeness (QED) is 0.556. The van der Waals surface area contributed by atoms with Gasteiger partial charge in [0.1, 0.15) is 5.82 Å². The zero-order valence-corrected chi connectivity index (χ0v) is 16.8. The lowest BCUT2D eigenvalue weighted by Crippen LogP contribution is -2.15. The molecule has 0 spiro atoms. The maximum Gasteiger partial charge on any atom is 0.416 e. The van der Waals surface area contributed by atoms with Crippen LogP contribution in [0.25, 0.3) is 5.69 Å². The second kappa shape index (κ2) is 7.55. The van der Waals surface area contributed by atoms with Gasteiger partial charge >= 0.3 is 6.18 Å². The third kappa shape index (κ3) is 4.79. The van der Waals surface area contributed by atoms with Crippen molar-refractivity contribution >= 4 is 23.3 Å². The Morgan fingerprint density at radius 3 is 2.10 bits per heavy atom. The number of hydrogen-bond acceptors (Lipinski definition) is 2. The van der Waals surface area contributed by atoms with Gasteiger partial charge in [-0.2, -0.15) is 18.3 Å². The van der Waals surface area contributed by atoms with Crippen molar-refractivity contribution in [2.45, 2.75) is 32.4 Å². The second-order valence-electron chi connectivity index (χ2n) is 7.58. The Labute approximate surface area is 171 Å². The summed E-state index contributed by atoms with van der Waals surface area (Å²) in [7, 11) is 0. The largest absolute Gasteiger partial charge is 0.416 e. The predicted molar refractivity (Wildman–Crippen MR) is 107 cm³/mol. The van der Waals surface area contributed by atoms with Crippen molar-refractivity contribution in [3.63, 3.8) is 0 Å².